The molecular weight excluding hydrogens is 730 g/mol. The van der Waals surface area contributed by atoms with E-state index in [0.717, 1.165) is 12.1 Å². The summed E-state index contributed by atoms with van der Waals surface area (Å²) in [6.45, 7) is 6.88. The second kappa shape index (κ2) is 16.9. The van der Waals surface area contributed by atoms with Crippen LogP contribution in [-0.4, -0.2) is 75.3 Å². The number of phenols is 2. The van der Waals surface area contributed by atoms with Crippen molar-refractivity contribution >= 4 is 29.6 Å². The van der Waals surface area contributed by atoms with Gasteiger partial charge < -0.3 is 39.2 Å². The van der Waals surface area contributed by atoms with Crippen molar-refractivity contribution in [1.82, 2.24) is 14.8 Å². The third kappa shape index (κ3) is 8.57. The number of carbonyl (C=O) groups is 4. The third-order valence-corrected chi connectivity index (χ3v) is 11.6. The van der Waals surface area contributed by atoms with Gasteiger partial charge in [-0.1, -0.05) is 38.1 Å². The number of rotatable bonds is 7. The van der Waals surface area contributed by atoms with Crippen LogP contribution in [0, 0.1) is 11.8 Å². The smallest absolute Gasteiger partial charge is 0.342 e. The van der Waals surface area contributed by atoms with Crippen LogP contribution in [-0.2, 0) is 25.7 Å². The van der Waals surface area contributed by atoms with Gasteiger partial charge in [0.1, 0.15) is 28.9 Å². The molecule has 1 aromatic heterocycles. The first kappa shape index (κ1) is 39.6. The molecule has 13 nitrogen and oxygen atoms in total. The van der Waals surface area contributed by atoms with Crippen LogP contribution in [0.3, 0.4) is 0 Å². The quantitative estimate of drug-likeness (QED) is 0.250. The molecule has 0 saturated carbocycles. The molecule has 0 aliphatic carbocycles. The van der Waals surface area contributed by atoms with E-state index in [4.69, 9.17) is 14.2 Å². The first-order valence-corrected chi connectivity index (χ1v) is 20.0. The number of benzene rings is 2. The number of nitrogens with one attached hydrogen (secondary N) is 1. The summed E-state index contributed by atoms with van der Waals surface area (Å²) in [5.41, 5.74) is 1.38. The van der Waals surface area contributed by atoms with E-state index in [9.17, 15) is 34.2 Å². The summed E-state index contributed by atoms with van der Waals surface area (Å²) in [7, 11) is 0. The van der Waals surface area contributed by atoms with E-state index in [0.29, 0.717) is 75.2 Å². The van der Waals surface area contributed by atoms with Crippen molar-refractivity contribution in [2.45, 2.75) is 103 Å². The van der Waals surface area contributed by atoms with Gasteiger partial charge in [0.15, 0.2) is 11.5 Å². The van der Waals surface area contributed by atoms with E-state index < -0.39 is 35.7 Å². The number of hydrogen-bond acceptors (Lipinski definition) is 10. The number of pyridine rings is 1. The number of cyclic esters (lactones) is 1. The van der Waals surface area contributed by atoms with Gasteiger partial charge in [0.05, 0.1) is 6.10 Å². The molecule has 2 bridgehead atoms. The number of piperidine rings is 1. The molecule has 3 aromatic rings. The van der Waals surface area contributed by atoms with Crippen molar-refractivity contribution in [2.24, 2.45) is 11.8 Å². The monoisotopic (exact) mass is 781 g/mol. The maximum absolute atomic E-state index is 14.2. The zero-order valence-electron chi connectivity index (χ0n) is 32.7. The molecular formula is C44H51N3O10. The number of amides is 2. The zero-order chi connectivity index (χ0) is 40.4. The number of fused-ring (bicyclic) bond motifs is 6. The number of likely N-dealkylation sites (tertiary alicyclic amines) is 1. The highest BCUT2D eigenvalue weighted by Gasteiger charge is 2.40. The molecule has 3 N–H and O–H groups in total. The summed E-state index contributed by atoms with van der Waals surface area (Å²) in [6, 6.07) is 10.8. The standard InChI is InChI=1S/C44H51N3O10/c1-25(2)41(43(53)46-21-27-17-30(23-46)33-13-8-14-38(51)47(33)22-27)45-37(50)20-32(28-15-16-35-36(19-28)56-24-55-35)40-34(49)18-29-10-5-4-6-11-31(48)12-7-9-26(3)57-44(54)39(29)42(40)52/h5,8,10,13-16,18-19,25-27,30,32,41,49,52H,4,6-7,9,11-12,17,20-24H2,1-3H3,(H,45,50)/t26-,27?,30?,32?,41-/m0/s1. The Labute approximate surface area is 331 Å². The van der Waals surface area contributed by atoms with Crippen LogP contribution in [0.4, 0.5) is 0 Å². The molecule has 0 radical (unpaired) electrons. The van der Waals surface area contributed by atoms with Crippen molar-refractivity contribution < 1.29 is 43.6 Å². The molecule has 4 aliphatic rings. The first-order chi connectivity index (χ1) is 27.4. The molecule has 1 fully saturated rings. The van der Waals surface area contributed by atoms with Crippen LogP contribution in [0.25, 0.3) is 6.08 Å². The number of allylic oxidation sites excluding steroid dienone is 1. The number of carbonyl (C=O) groups excluding carboxylic acids is 4. The predicted molar refractivity (Wildman–Crippen MR) is 210 cm³/mol. The minimum atomic E-state index is -1.01. The summed E-state index contributed by atoms with van der Waals surface area (Å²) in [4.78, 5) is 69.0. The number of esters is 1. The Morgan fingerprint density at radius 1 is 0.965 bits per heavy atom. The van der Waals surface area contributed by atoms with E-state index in [1.807, 2.05) is 19.9 Å². The van der Waals surface area contributed by atoms with Crippen molar-refractivity contribution in [3.05, 3.63) is 86.8 Å². The van der Waals surface area contributed by atoms with Crippen LogP contribution in [0.15, 0.2) is 53.3 Å². The molecule has 13 heteroatoms. The van der Waals surface area contributed by atoms with Crippen LogP contribution in [0.1, 0.15) is 117 Å². The first-order valence-electron chi connectivity index (χ1n) is 20.0. The lowest BCUT2D eigenvalue weighted by Crippen LogP contribution is -2.56. The van der Waals surface area contributed by atoms with E-state index in [2.05, 4.69) is 5.32 Å². The van der Waals surface area contributed by atoms with Gasteiger partial charge in [0, 0.05) is 68.1 Å². The number of nitrogens with zero attached hydrogens (tertiary/aromatic N) is 2. The Kier molecular flexibility index (Phi) is 11.7. The maximum atomic E-state index is 14.2. The van der Waals surface area contributed by atoms with Gasteiger partial charge in [-0.05, 0) is 86.3 Å². The molecule has 302 valence electrons. The zero-order valence-corrected chi connectivity index (χ0v) is 32.7. The molecule has 0 spiro atoms. The average Bonchev–Trinajstić information content (AvgIpc) is 3.64. The second-order valence-corrected chi connectivity index (χ2v) is 16.2. The van der Waals surface area contributed by atoms with Gasteiger partial charge in [-0.3, -0.25) is 19.2 Å². The molecule has 2 aromatic carbocycles. The summed E-state index contributed by atoms with van der Waals surface area (Å²) >= 11 is 0. The molecule has 2 amide bonds. The lowest BCUT2D eigenvalue weighted by atomic mass is 9.82. The van der Waals surface area contributed by atoms with Crippen LogP contribution in [0.2, 0.25) is 0 Å². The van der Waals surface area contributed by atoms with Gasteiger partial charge in [-0.2, -0.15) is 0 Å². The van der Waals surface area contributed by atoms with Crippen LogP contribution in [0.5, 0.6) is 23.0 Å². The SMILES string of the molecule is CC(C)[C@H](NC(=O)CC(c1ccc2c(c1)OCO2)c1c(O)cc2c(c1O)C(=O)O[C@@H](C)CCCC(=O)CCCC=C2)C(=O)N1CC2CC(C1)c1cccc(=O)n1C2. The fraction of sp³-hybridized carbons (Fsp3) is 0.477. The van der Waals surface area contributed by atoms with Crippen molar-refractivity contribution in [3.63, 3.8) is 0 Å². The number of ketones is 1. The van der Waals surface area contributed by atoms with Crippen molar-refractivity contribution in [2.75, 3.05) is 19.9 Å². The molecule has 3 unspecified atom stereocenters. The van der Waals surface area contributed by atoms with Gasteiger partial charge in [0.2, 0.25) is 18.6 Å². The lowest BCUT2D eigenvalue weighted by Gasteiger charge is -2.44. The van der Waals surface area contributed by atoms with Crippen molar-refractivity contribution in [1.29, 1.82) is 0 Å². The Balaban J connectivity index is 1.20. The van der Waals surface area contributed by atoms with Crippen LogP contribution >= 0.6 is 0 Å². The largest absolute Gasteiger partial charge is 0.507 e. The Morgan fingerprint density at radius 2 is 1.75 bits per heavy atom. The molecule has 1 saturated heterocycles. The third-order valence-electron chi connectivity index (χ3n) is 11.6. The number of phenolic OH excluding ortho intramolecular Hbond substituents is 2. The minimum absolute atomic E-state index is 0.00250. The molecule has 5 heterocycles. The van der Waals surface area contributed by atoms with E-state index >= 15 is 0 Å². The highest BCUT2D eigenvalue weighted by atomic mass is 16.7. The second-order valence-electron chi connectivity index (χ2n) is 16.2. The Bertz CT molecular complexity index is 2140. The van der Waals surface area contributed by atoms with Crippen LogP contribution < -0.4 is 20.3 Å². The van der Waals surface area contributed by atoms with Crippen molar-refractivity contribution in [3.8, 4) is 23.0 Å². The molecule has 7 rings (SSSR count). The van der Waals surface area contributed by atoms with E-state index in [1.54, 1.807) is 58.9 Å². The molecule has 5 atom stereocenters. The number of hydrogen-bond donors (Lipinski definition) is 3. The van der Waals surface area contributed by atoms with E-state index in [-0.39, 0.29) is 70.7 Å². The minimum Gasteiger partial charge on any atom is -0.507 e. The molecule has 57 heavy (non-hydrogen) atoms. The summed E-state index contributed by atoms with van der Waals surface area (Å²) < 4.78 is 18.8. The normalized spacial score (nSPS) is 21.8. The van der Waals surface area contributed by atoms with Gasteiger partial charge in [-0.25, -0.2) is 4.79 Å². The fourth-order valence-electron chi connectivity index (χ4n) is 8.74. The summed E-state index contributed by atoms with van der Waals surface area (Å²) in [5, 5.41) is 26.7. The number of aromatic hydroxyl groups is 2. The summed E-state index contributed by atoms with van der Waals surface area (Å²) in [5.74, 6) is -2.53. The molecule has 4 aliphatic heterocycles. The number of Topliss-reactive ketones (excluding diaryl/α,β-unsaturated/α-hetero) is 1. The predicted octanol–water partition coefficient (Wildman–Crippen LogP) is 5.78. The topological polar surface area (TPSA) is 174 Å². The number of ether oxygens (including phenoxy) is 3. The Morgan fingerprint density at radius 3 is 2.56 bits per heavy atom. The van der Waals surface area contributed by atoms with E-state index in [1.165, 1.54) is 6.07 Å². The van der Waals surface area contributed by atoms with Gasteiger partial charge >= 0.3 is 5.97 Å². The maximum Gasteiger partial charge on any atom is 0.342 e. The number of aromatic nitrogens is 1. The average molecular weight is 782 g/mol. The summed E-state index contributed by atoms with van der Waals surface area (Å²) in [6.07, 6.45) is 6.41. The highest BCUT2D eigenvalue weighted by Crippen LogP contribution is 2.46. The lowest BCUT2D eigenvalue weighted by molar-refractivity contribution is -0.140. The fourth-order valence-corrected chi connectivity index (χ4v) is 8.74. The van der Waals surface area contributed by atoms with Gasteiger partial charge in [0.25, 0.3) is 5.56 Å². The highest BCUT2D eigenvalue weighted by molar-refractivity contribution is 5.98. The van der Waals surface area contributed by atoms with Gasteiger partial charge in [-0.15, -0.1) is 0 Å². The Hall–Kier alpha value is -5.59.